The molecule has 1 radical (unpaired) electrons. The number of halogens is 4. The van der Waals surface area contributed by atoms with Gasteiger partial charge in [0, 0.05) is 22.4 Å². The summed E-state index contributed by atoms with van der Waals surface area (Å²) in [6, 6.07) is 0. The van der Waals surface area contributed by atoms with Crippen LogP contribution in [0.2, 0.25) is 0 Å². The van der Waals surface area contributed by atoms with Gasteiger partial charge in [-0.15, -0.1) is 0 Å². The van der Waals surface area contributed by atoms with Gasteiger partial charge in [-0.25, -0.2) is 0 Å². The van der Waals surface area contributed by atoms with Gasteiger partial charge in [-0.05, 0) is 0 Å². The van der Waals surface area contributed by atoms with Crippen LogP contribution < -0.4 is 0 Å². The SMILES string of the molecule is FC(F)=C(F)F.[Ag]. The molecule has 0 atom stereocenters. The van der Waals surface area contributed by atoms with Crippen LogP contribution in [0.1, 0.15) is 0 Å². The second-order valence-corrected chi connectivity index (χ2v) is 0.521. The van der Waals surface area contributed by atoms with Crippen LogP contribution in [0.3, 0.4) is 0 Å². The van der Waals surface area contributed by atoms with E-state index in [4.69, 9.17) is 0 Å². The topological polar surface area (TPSA) is 0 Å². The van der Waals surface area contributed by atoms with E-state index in [-0.39, 0.29) is 22.4 Å². The molecular weight excluding hydrogens is 208 g/mol. The van der Waals surface area contributed by atoms with Crippen molar-refractivity contribution < 1.29 is 39.9 Å². The minimum atomic E-state index is -2.91. The van der Waals surface area contributed by atoms with Crippen molar-refractivity contribution in [2.24, 2.45) is 0 Å². The van der Waals surface area contributed by atoms with Gasteiger partial charge < -0.3 is 0 Å². The maximum absolute atomic E-state index is 10.3. The fourth-order valence-electron chi connectivity index (χ4n) is 0. The van der Waals surface area contributed by atoms with Gasteiger partial charge in [0.25, 0.3) is 0 Å². The first-order valence-electron chi connectivity index (χ1n) is 1.01. The second-order valence-electron chi connectivity index (χ2n) is 0.521. The maximum atomic E-state index is 10.3. The molecule has 0 bridgehead atoms. The molecular formula is C2AgF4. The van der Waals surface area contributed by atoms with Crippen LogP contribution >= 0.6 is 0 Å². The third kappa shape index (κ3) is 6.20. The Morgan fingerprint density at radius 1 is 0.714 bits per heavy atom. The van der Waals surface area contributed by atoms with Gasteiger partial charge in [0.2, 0.25) is 0 Å². The monoisotopic (exact) mass is 207 g/mol. The first-order valence-corrected chi connectivity index (χ1v) is 1.01. The van der Waals surface area contributed by atoms with Gasteiger partial charge in [-0.2, -0.15) is 17.6 Å². The van der Waals surface area contributed by atoms with E-state index in [0.29, 0.717) is 0 Å². The van der Waals surface area contributed by atoms with Crippen LogP contribution in [-0.2, 0) is 22.4 Å². The molecule has 5 heteroatoms. The van der Waals surface area contributed by atoms with Gasteiger partial charge >= 0.3 is 12.2 Å². The Kier molecular flexibility index (Phi) is 6.38. The van der Waals surface area contributed by atoms with Crippen LogP contribution in [0, 0.1) is 0 Å². The Hall–Kier alpha value is 0.200. The number of hydrogen-bond donors (Lipinski definition) is 0. The van der Waals surface area contributed by atoms with Gasteiger partial charge in [0.15, 0.2) is 0 Å². The molecule has 0 aromatic heterocycles. The first kappa shape index (κ1) is 10.2. The summed E-state index contributed by atoms with van der Waals surface area (Å²) < 4.78 is 41.1. The Balaban J connectivity index is 0. The minimum absolute atomic E-state index is 0. The fraction of sp³-hybridized carbons (Fsp3) is 0. The Labute approximate surface area is 52.7 Å². The predicted molar refractivity (Wildman–Crippen MR) is 11.5 cm³/mol. The normalized spacial score (nSPS) is 6.86. The first-order chi connectivity index (χ1) is 2.64. The van der Waals surface area contributed by atoms with Crippen molar-refractivity contribution in [1.82, 2.24) is 0 Å². The van der Waals surface area contributed by atoms with E-state index >= 15 is 0 Å². The van der Waals surface area contributed by atoms with E-state index in [0.717, 1.165) is 0 Å². The van der Waals surface area contributed by atoms with E-state index in [2.05, 4.69) is 0 Å². The van der Waals surface area contributed by atoms with Crippen molar-refractivity contribution in [3.63, 3.8) is 0 Å². The molecule has 0 aliphatic carbocycles. The van der Waals surface area contributed by atoms with Crippen LogP contribution in [0.25, 0.3) is 0 Å². The molecule has 0 fully saturated rings. The summed E-state index contributed by atoms with van der Waals surface area (Å²) in [5.74, 6) is 0. The van der Waals surface area contributed by atoms with Crippen molar-refractivity contribution >= 4 is 0 Å². The molecule has 0 aliphatic heterocycles. The molecule has 0 amide bonds. The molecule has 7 heavy (non-hydrogen) atoms. The predicted octanol–water partition coefficient (Wildman–Crippen LogP) is 1.99. The summed E-state index contributed by atoms with van der Waals surface area (Å²) in [5.41, 5.74) is 0. The van der Waals surface area contributed by atoms with Crippen LogP contribution in [0.5, 0.6) is 0 Å². The summed E-state index contributed by atoms with van der Waals surface area (Å²) in [4.78, 5) is 0. The zero-order chi connectivity index (χ0) is 5.15. The average molecular weight is 208 g/mol. The molecule has 0 saturated carbocycles. The largest absolute Gasteiger partial charge is 0.334 e. The molecule has 0 aliphatic rings. The molecule has 0 rings (SSSR count). The molecule has 0 heterocycles. The van der Waals surface area contributed by atoms with E-state index < -0.39 is 12.2 Å². The van der Waals surface area contributed by atoms with Crippen LogP contribution in [-0.4, -0.2) is 0 Å². The molecule has 0 N–H and O–H groups in total. The standard InChI is InChI=1S/C2F4.Ag/c3-1(4)2(5)6;. The van der Waals surface area contributed by atoms with Crippen LogP contribution in [0.15, 0.2) is 12.2 Å². The second kappa shape index (κ2) is 4.36. The fourth-order valence-corrected chi connectivity index (χ4v) is 0. The van der Waals surface area contributed by atoms with Crippen LogP contribution in [0.4, 0.5) is 17.6 Å². The summed E-state index contributed by atoms with van der Waals surface area (Å²) in [6.45, 7) is 0. The van der Waals surface area contributed by atoms with Gasteiger partial charge in [0.1, 0.15) is 0 Å². The van der Waals surface area contributed by atoms with Crippen molar-refractivity contribution in [2.45, 2.75) is 0 Å². The number of rotatable bonds is 0. The molecule has 0 saturated heterocycles. The zero-order valence-electron chi connectivity index (χ0n) is 2.81. The molecule has 0 aromatic rings. The Morgan fingerprint density at radius 3 is 0.857 bits per heavy atom. The molecule has 47 valence electrons. The van der Waals surface area contributed by atoms with E-state index in [1.54, 1.807) is 0 Å². The molecule has 0 aromatic carbocycles. The third-order valence-electron chi connectivity index (χ3n) is 0.143. The minimum Gasteiger partial charge on any atom is -0.167 e. The maximum Gasteiger partial charge on any atom is 0.334 e. The molecule has 0 spiro atoms. The summed E-state index contributed by atoms with van der Waals surface area (Å²) in [7, 11) is 0. The average Bonchev–Trinajstić information content (AvgIpc) is 1.36. The smallest absolute Gasteiger partial charge is 0.167 e. The van der Waals surface area contributed by atoms with Gasteiger partial charge in [0.05, 0.1) is 0 Å². The summed E-state index contributed by atoms with van der Waals surface area (Å²) in [6.07, 6.45) is -5.81. The molecule has 0 nitrogen and oxygen atoms in total. The van der Waals surface area contributed by atoms with Crippen molar-refractivity contribution in [1.29, 1.82) is 0 Å². The number of hydrogen-bond acceptors (Lipinski definition) is 0. The summed E-state index contributed by atoms with van der Waals surface area (Å²) >= 11 is 0. The van der Waals surface area contributed by atoms with E-state index in [9.17, 15) is 17.6 Å². The van der Waals surface area contributed by atoms with Gasteiger partial charge in [-0.1, -0.05) is 0 Å². The van der Waals surface area contributed by atoms with E-state index in [1.165, 1.54) is 0 Å². The van der Waals surface area contributed by atoms with Crippen molar-refractivity contribution in [3.05, 3.63) is 12.2 Å². The summed E-state index contributed by atoms with van der Waals surface area (Å²) in [5, 5.41) is 0. The third-order valence-corrected chi connectivity index (χ3v) is 0.143. The Morgan fingerprint density at radius 2 is 0.857 bits per heavy atom. The zero-order valence-corrected chi connectivity index (χ0v) is 4.30. The van der Waals surface area contributed by atoms with Crippen molar-refractivity contribution in [3.8, 4) is 0 Å². The van der Waals surface area contributed by atoms with E-state index in [1.807, 2.05) is 0 Å². The quantitative estimate of drug-likeness (QED) is 0.421. The Bertz CT molecular complexity index is 59.8. The molecule has 0 unspecified atom stereocenters. The van der Waals surface area contributed by atoms with Gasteiger partial charge in [-0.3, -0.25) is 0 Å². The van der Waals surface area contributed by atoms with Crippen molar-refractivity contribution in [2.75, 3.05) is 0 Å².